The number of aromatic nitrogens is 3. The predicted molar refractivity (Wildman–Crippen MR) is 93.4 cm³/mol. The summed E-state index contributed by atoms with van der Waals surface area (Å²) in [4.78, 5) is 16.8. The van der Waals surface area contributed by atoms with Gasteiger partial charge in [0.15, 0.2) is 5.82 Å². The van der Waals surface area contributed by atoms with Crippen LogP contribution in [0.25, 0.3) is 5.82 Å². The summed E-state index contributed by atoms with van der Waals surface area (Å²) in [5.41, 5.74) is 2.26. The van der Waals surface area contributed by atoms with Crippen molar-refractivity contribution in [1.29, 1.82) is 0 Å². The van der Waals surface area contributed by atoms with E-state index in [1.54, 1.807) is 17.1 Å². The first-order valence-electron chi connectivity index (χ1n) is 7.58. The van der Waals surface area contributed by atoms with E-state index in [1.807, 2.05) is 56.3 Å². The molecule has 0 bridgehead atoms. The standard InChI is InChI=1S/C18H17ClN4O/c1-12(14-6-8-15(19)9-7-14)22-18(24)16-11-21-23(13(16)2)17-5-3-4-10-20-17/h3-12H,1-2H3,(H,22,24). The third-order valence-electron chi connectivity index (χ3n) is 3.84. The van der Waals surface area contributed by atoms with Crippen LogP contribution in [0, 0.1) is 6.92 Å². The molecule has 1 aromatic carbocycles. The first kappa shape index (κ1) is 16.2. The number of carbonyl (C=O) groups excluding carboxylic acids is 1. The van der Waals surface area contributed by atoms with Gasteiger partial charge in [0, 0.05) is 11.2 Å². The van der Waals surface area contributed by atoms with E-state index in [4.69, 9.17) is 11.6 Å². The summed E-state index contributed by atoms with van der Waals surface area (Å²) < 4.78 is 1.65. The minimum atomic E-state index is -0.169. The lowest BCUT2D eigenvalue weighted by Gasteiger charge is -2.14. The number of carbonyl (C=O) groups is 1. The van der Waals surface area contributed by atoms with Gasteiger partial charge in [-0.15, -0.1) is 0 Å². The quantitative estimate of drug-likeness (QED) is 0.787. The van der Waals surface area contributed by atoms with Crippen molar-refractivity contribution in [2.45, 2.75) is 19.9 Å². The summed E-state index contributed by atoms with van der Waals surface area (Å²) in [5, 5.41) is 7.93. The molecule has 0 spiro atoms. The summed E-state index contributed by atoms with van der Waals surface area (Å²) in [6.07, 6.45) is 3.26. The van der Waals surface area contributed by atoms with Crippen molar-refractivity contribution in [2.24, 2.45) is 0 Å². The highest BCUT2D eigenvalue weighted by atomic mass is 35.5. The normalized spacial score (nSPS) is 12.0. The molecule has 0 saturated carbocycles. The summed E-state index contributed by atoms with van der Waals surface area (Å²) in [7, 11) is 0. The van der Waals surface area contributed by atoms with E-state index in [0.29, 0.717) is 16.4 Å². The summed E-state index contributed by atoms with van der Waals surface area (Å²) in [6, 6.07) is 12.9. The van der Waals surface area contributed by atoms with E-state index < -0.39 is 0 Å². The van der Waals surface area contributed by atoms with Crippen LogP contribution < -0.4 is 5.32 Å². The number of rotatable bonds is 4. The molecule has 1 atom stereocenters. The molecule has 0 aliphatic carbocycles. The highest BCUT2D eigenvalue weighted by molar-refractivity contribution is 6.30. The van der Waals surface area contributed by atoms with Crippen LogP contribution in [0.15, 0.2) is 54.9 Å². The summed E-state index contributed by atoms with van der Waals surface area (Å²) in [6.45, 7) is 3.78. The minimum absolute atomic E-state index is 0.132. The minimum Gasteiger partial charge on any atom is -0.345 e. The average molecular weight is 341 g/mol. The number of benzene rings is 1. The molecule has 0 aliphatic heterocycles. The van der Waals surface area contributed by atoms with Crippen molar-refractivity contribution < 1.29 is 4.79 Å². The zero-order chi connectivity index (χ0) is 17.1. The van der Waals surface area contributed by atoms with Gasteiger partial charge in [-0.3, -0.25) is 4.79 Å². The first-order chi connectivity index (χ1) is 11.6. The molecule has 24 heavy (non-hydrogen) atoms. The highest BCUT2D eigenvalue weighted by Crippen LogP contribution is 2.18. The zero-order valence-corrected chi connectivity index (χ0v) is 14.2. The van der Waals surface area contributed by atoms with Crippen LogP contribution >= 0.6 is 11.6 Å². The van der Waals surface area contributed by atoms with E-state index in [2.05, 4.69) is 15.4 Å². The number of hydrogen-bond donors (Lipinski definition) is 1. The fourth-order valence-electron chi connectivity index (χ4n) is 2.45. The lowest BCUT2D eigenvalue weighted by molar-refractivity contribution is 0.0939. The largest absolute Gasteiger partial charge is 0.345 e. The summed E-state index contributed by atoms with van der Waals surface area (Å²) in [5.74, 6) is 0.511. The number of nitrogens with one attached hydrogen (secondary N) is 1. The van der Waals surface area contributed by atoms with Gasteiger partial charge in [-0.05, 0) is 43.7 Å². The Bertz CT molecular complexity index is 843. The molecule has 6 heteroatoms. The molecule has 2 heterocycles. The van der Waals surface area contributed by atoms with Gasteiger partial charge in [0.05, 0.1) is 23.5 Å². The molecule has 2 aromatic heterocycles. The molecule has 1 amide bonds. The van der Waals surface area contributed by atoms with Crippen molar-refractivity contribution in [3.8, 4) is 5.82 Å². The van der Waals surface area contributed by atoms with Crippen molar-refractivity contribution in [1.82, 2.24) is 20.1 Å². The Balaban J connectivity index is 1.78. The Morgan fingerprint density at radius 2 is 1.96 bits per heavy atom. The zero-order valence-electron chi connectivity index (χ0n) is 13.4. The second-order valence-corrected chi connectivity index (χ2v) is 5.93. The van der Waals surface area contributed by atoms with Gasteiger partial charge in [-0.2, -0.15) is 5.10 Å². The molecule has 0 radical (unpaired) electrons. The van der Waals surface area contributed by atoms with E-state index >= 15 is 0 Å². The number of pyridine rings is 1. The molecule has 0 aliphatic rings. The van der Waals surface area contributed by atoms with E-state index in [1.165, 1.54) is 0 Å². The predicted octanol–water partition coefficient (Wildman–Crippen LogP) is 3.72. The molecular formula is C18H17ClN4O. The fourth-order valence-corrected chi connectivity index (χ4v) is 2.58. The Hall–Kier alpha value is -2.66. The van der Waals surface area contributed by atoms with Crippen molar-refractivity contribution in [3.63, 3.8) is 0 Å². The Morgan fingerprint density at radius 3 is 2.62 bits per heavy atom. The lowest BCUT2D eigenvalue weighted by atomic mass is 10.1. The van der Waals surface area contributed by atoms with Crippen LogP contribution in [0.1, 0.15) is 34.6 Å². The van der Waals surface area contributed by atoms with Gasteiger partial charge in [0.2, 0.25) is 0 Å². The summed E-state index contributed by atoms with van der Waals surface area (Å²) >= 11 is 5.90. The van der Waals surface area contributed by atoms with Crippen LogP contribution in [-0.2, 0) is 0 Å². The number of amides is 1. The third-order valence-corrected chi connectivity index (χ3v) is 4.09. The van der Waals surface area contributed by atoms with Crippen molar-refractivity contribution in [3.05, 3.63) is 76.7 Å². The lowest BCUT2D eigenvalue weighted by Crippen LogP contribution is -2.27. The van der Waals surface area contributed by atoms with E-state index in [9.17, 15) is 4.79 Å². The van der Waals surface area contributed by atoms with E-state index in [-0.39, 0.29) is 11.9 Å². The van der Waals surface area contributed by atoms with Crippen LogP contribution in [-0.4, -0.2) is 20.7 Å². The second kappa shape index (κ2) is 6.84. The SMILES string of the molecule is Cc1c(C(=O)NC(C)c2ccc(Cl)cc2)cnn1-c1ccccn1. The Labute approximate surface area is 145 Å². The average Bonchev–Trinajstić information content (AvgIpc) is 2.98. The number of nitrogens with zero attached hydrogens (tertiary/aromatic N) is 3. The highest BCUT2D eigenvalue weighted by Gasteiger charge is 2.17. The van der Waals surface area contributed by atoms with Crippen LogP contribution in [0.3, 0.4) is 0 Å². The molecule has 5 nitrogen and oxygen atoms in total. The molecule has 1 N–H and O–H groups in total. The topological polar surface area (TPSA) is 59.8 Å². The van der Waals surface area contributed by atoms with Gasteiger partial charge in [0.1, 0.15) is 0 Å². The van der Waals surface area contributed by atoms with Gasteiger partial charge in [0.25, 0.3) is 5.91 Å². The Morgan fingerprint density at radius 1 is 1.21 bits per heavy atom. The van der Waals surface area contributed by atoms with Gasteiger partial charge >= 0.3 is 0 Å². The van der Waals surface area contributed by atoms with Crippen molar-refractivity contribution in [2.75, 3.05) is 0 Å². The first-order valence-corrected chi connectivity index (χ1v) is 7.96. The van der Waals surface area contributed by atoms with Crippen LogP contribution in [0.4, 0.5) is 0 Å². The third kappa shape index (κ3) is 3.31. The van der Waals surface area contributed by atoms with Crippen LogP contribution in [0.5, 0.6) is 0 Å². The molecule has 122 valence electrons. The number of hydrogen-bond acceptors (Lipinski definition) is 3. The second-order valence-electron chi connectivity index (χ2n) is 5.49. The Kier molecular flexibility index (Phi) is 4.62. The van der Waals surface area contributed by atoms with Gasteiger partial charge < -0.3 is 5.32 Å². The fraction of sp³-hybridized carbons (Fsp3) is 0.167. The molecule has 3 aromatic rings. The maximum Gasteiger partial charge on any atom is 0.255 e. The molecule has 3 rings (SSSR count). The van der Waals surface area contributed by atoms with Gasteiger partial charge in [-0.1, -0.05) is 29.8 Å². The van der Waals surface area contributed by atoms with Crippen LogP contribution in [0.2, 0.25) is 5.02 Å². The van der Waals surface area contributed by atoms with Crippen molar-refractivity contribution >= 4 is 17.5 Å². The molecular weight excluding hydrogens is 324 g/mol. The van der Waals surface area contributed by atoms with Gasteiger partial charge in [-0.25, -0.2) is 9.67 Å². The molecule has 0 fully saturated rings. The maximum atomic E-state index is 12.5. The monoisotopic (exact) mass is 340 g/mol. The molecule has 1 unspecified atom stereocenters. The maximum absolute atomic E-state index is 12.5. The molecule has 0 saturated heterocycles. The van der Waals surface area contributed by atoms with E-state index in [0.717, 1.165) is 11.3 Å². The smallest absolute Gasteiger partial charge is 0.255 e. The number of halogens is 1.